The number of allylic oxidation sites excluding steroid dienone is 6. The SMILES string of the molecule is C1=CC2C=CC1C2.C=C([CH2-])C.C=C([CH2-])C.[Ru+2]. The van der Waals surface area contributed by atoms with Crippen LogP contribution in [-0.2, 0) is 19.5 Å². The molecule has 0 aromatic rings. The molecule has 0 radical (unpaired) electrons. The summed E-state index contributed by atoms with van der Waals surface area (Å²) in [5.41, 5.74) is 1.83. The van der Waals surface area contributed by atoms with E-state index < -0.39 is 0 Å². The summed E-state index contributed by atoms with van der Waals surface area (Å²) in [5, 5.41) is 0. The van der Waals surface area contributed by atoms with Gasteiger partial charge in [0.2, 0.25) is 0 Å². The first-order valence-electron chi connectivity index (χ1n) is 5.23. The Balaban J connectivity index is 0. The molecule has 90 valence electrons. The Labute approximate surface area is 114 Å². The van der Waals surface area contributed by atoms with Gasteiger partial charge in [0.15, 0.2) is 0 Å². The Morgan fingerprint density at radius 2 is 1.12 bits per heavy atom. The minimum Gasteiger partial charge on any atom is -0.242 e. The van der Waals surface area contributed by atoms with E-state index in [4.69, 9.17) is 0 Å². The quantitative estimate of drug-likeness (QED) is 0.350. The van der Waals surface area contributed by atoms with Crippen molar-refractivity contribution in [1.82, 2.24) is 0 Å². The van der Waals surface area contributed by atoms with Crippen LogP contribution in [0, 0.1) is 25.7 Å². The van der Waals surface area contributed by atoms with Gasteiger partial charge >= 0.3 is 19.5 Å². The first kappa shape index (κ1) is 17.7. The predicted octanol–water partition coefficient (Wildman–Crippen LogP) is 4.54. The first-order chi connectivity index (χ1) is 6.91. The third-order valence-electron chi connectivity index (χ3n) is 1.76. The van der Waals surface area contributed by atoms with E-state index in [-0.39, 0.29) is 19.5 Å². The maximum Gasteiger partial charge on any atom is 2.00 e. The molecule has 0 amide bonds. The van der Waals surface area contributed by atoms with Crippen LogP contribution in [-0.4, -0.2) is 0 Å². The molecule has 0 aliphatic heterocycles. The zero-order chi connectivity index (χ0) is 11.8. The van der Waals surface area contributed by atoms with E-state index in [2.05, 4.69) is 51.3 Å². The van der Waals surface area contributed by atoms with Crippen molar-refractivity contribution in [3.63, 3.8) is 0 Å². The van der Waals surface area contributed by atoms with Crippen LogP contribution in [0.3, 0.4) is 0 Å². The zero-order valence-corrected chi connectivity index (χ0v) is 12.1. The topological polar surface area (TPSA) is 0 Å². The van der Waals surface area contributed by atoms with Crippen LogP contribution in [0.5, 0.6) is 0 Å². The monoisotopic (exact) mass is 304 g/mol. The van der Waals surface area contributed by atoms with Crippen LogP contribution < -0.4 is 0 Å². The normalized spacial score (nSPS) is 22.1. The Hall–Kier alpha value is -0.677. The van der Waals surface area contributed by atoms with E-state index in [1.54, 1.807) is 0 Å². The molecule has 0 nitrogen and oxygen atoms in total. The zero-order valence-electron chi connectivity index (χ0n) is 10.4. The van der Waals surface area contributed by atoms with Gasteiger partial charge in [0.1, 0.15) is 0 Å². The van der Waals surface area contributed by atoms with Gasteiger partial charge in [-0.15, -0.1) is 0 Å². The smallest absolute Gasteiger partial charge is 0.242 e. The molecule has 0 aromatic carbocycles. The second-order valence-corrected chi connectivity index (χ2v) is 4.25. The molecule has 0 N–H and O–H groups in total. The van der Waals surface area contributed by atoms with Crippen LogP contribution in [0.2, 0.25) is 0 Å². The van der Waals surface area contributed by atoms with Gasteiger partial charge in [0.05, 0.1) is 0 Å². The van der Waals surface area contributed by atoms with Crippen molar-refractivity contribution in [2.24, 2.45) is 11.8 Å². The fourth-order valence-corrected chi connectivity index (χ4v) is 1.33. The van der Waals surface area contributed by atoms with Gasteiger partial charge in [0, 0.05) is 0 Å². The molecule has 16 heavy (non-hydrogen) atoms. The molecular weight excluding hydrogens is 281 g/mol. The van der Waals surface area contributed by atoms with Crippen LogP contribution in [0.1, 0.15) is 20.3 Å². The summed E-state index contributed by atoms with van der Waals surface area (Å²) < 4.78 is 0. The summed E-state index contributed by atoms with van der Waals surface area (Å²) >= 11 is 0. The molecule has 0 spiro atoms. The van der Waals surface area contributed by atoms with Crippen LogP contribution >= 0.6 is 0 Å². The second kappa shape index (κ2) is 9.54. The summed E-state index contributed by atoms with van der Waals surface area (Å²) in [4.78, 5) is 0. The molecule has 0 fully saturated rings. The van der Waals surface area contributed by atoms with Crippen molar-refractivity contribution < 1.29 is 19.5 Å². The summed E-state index contributed by atoms with van der Waals surface area (Å²) in [6.45, 7) is 17.5. The fourth-order valence-electron chi connectivity index (χ4n) is 1.33. The van der Waals surface area contributed by atoms with Crippen molar-refractivity contribution >= 4 is 0 Å². The van der Waals surface area contributed by atoms with Gasteiger partial charge in [0.25, 0.3) is 0 Å². The number of hydrogen-bond donors (Lipinski definition) is 0. The van der Waals surface area contributed by atoms with Crippen molar-refractivity contribution in [2.45, 2.75) is 20.3 Å². The maximum atomic E-state index is 3.44. The standard InChI is InChI=1S/C7H8.2C4H7.Ru/c1-2-7-4-3-6(1)5-7;2*1-4(2)3;/h1-4,6-7H,5H2;2*1-2H2,3H3;/q;2*-1;+2. The van der Waals surface area contributed by atoms with Crippen molar-refractivity contribution in [3.8, 4) is 0 Å². The molecule has 2 aliphatic rings. The maximum absolute atomic E-state index is 3.44. The average Bonchev–Trinajstić information content (AvgIpc) is 2.62. The Kier molecular flexibility index (Phi) is 10.6. The third kappa shape index (κ3) is 11.4. The third-order valence-corrected chi connectivity index (χ3v) is 1.76. The van der Waals surface area contributed by atoms with Gasteiger partial charge in [-0.1, -0.05) is 38.2 Å². The fraction of sp³-hybridized carbons (Fsp3) is 0.333. The molecule has 1 heteroatoms. The van der Waals surface area contributed by atoms with E-state index in [9.17, 15) is 0 Å². The molecular formula is C15H22Ru. The second-order valence-electron chi connectivity index (χ2n) is 4.25. The molecule has 0 saturated carbocycles. The Morgan fingerprint density at radius 3 is 1.19 bits per heavy atom. The summed E-state index contributed by atoms with van der Waals surface area (Å²) in [7, 11) is 0. The molecule has 2 bridgehead atoms. The minimum atomic E-state index is 0. The molecule has 2 aliphatic carbocycles. The summed E-state index contributed by atoms with van der Waals surface area (Å²) in [6.07, 6.45) is 10.5. The Morgan fingerprint density at radius 1 is 0.938 bits per heavy atom. The van der Waals surface area contributed by atoms with Crippen LogP contribution in [0.4, 0.5) is 0 Å². The van der Waals surface area contributed by atoms with Gasteiger partial charge in [-0.2, -0.15) is 0 Å². The number of fused-ring (bicyclic) bond motifs is 2. The van der Waals surface area contributed by atoms with Crippen LogP contribution in [0.15, 0.2) is 48.6 Å². The summed E-state index contributed by atoms with van der Waals surface area (Å²) in [5.74, 6) is 1.62. The molecule has 0 atom stereocenters. The Bertz CT molecular complexity index is 223. The largest absolute Gasteiger partial charge is 2.00 e. The van der Waals surface area contributed by atoms with E-state index in [0.717, 1.165) is 23.0 Å². The summed E-state index contributed by atoms with van der Waals surface area (Å²) in [6, 6.07) is 0. The van der Waals surface area contributed by atoms with E-state index in [1.807, 2.05) is 13.8 Å². The van der Waals surface area contributed by atoms with Gasteiger partial charge in [-0.3, -0.25) is 0 Å². The van der Waals surface area contributed by atoms with Gasteiger partial charge in [-0.05, 0) is 18.3 Å². The van der Waals surface area contributed by atoms with E-state index in [1.165, 1.54) is 6.42 Å². The molecule has 2 rings (SSSR count). The minimum absolute atomic E-state index is 0. The first-order valence-corrected chi connectivity index (χ1v) is 5.23. The number of hydrogen-bond acceptors (Lipinski definition) is 0. The molecule has 0 heterocycles. The van der Waals surface area contributed by atoms with Crippen molar-refractivity contribution in [1.29, 1.82) is 0 Å². The average molecular weight is 303 g/mol. The molecule has 0 saturated heterocycles. The van der Waals surface area contributed by atoms with E-state index >= 15 is 0 Å². The van der Waals surface area contributed by atoms with E-state index in [0.29, 0.717) is 0 Å². The molecule has 0 unspecified atom stereocenters. The molecule has 0 aromatic heterocycles. The predicted molar refractivity (Wildman–Crippen MR) is 70.2 cm³/mol. The number of rotatable bonds is 0. The van der Waals surface area contributed by atoms with Crippen LogP contribution in [0.25, 0.3) is 0 Å². The van der Waals surface area contributed by atoms with Gasteiger partial charge in [-0.25, -0.2) is 38.2 Å². The van der Waals surface area contributed by atoms with Gasteiger partial charge < -0.3 is 0 Å². The van der Waals surface area contributed by atoms with Crippen molar-refractivity contribution in [2.75, 3.05) is 0 Å². The van der Waals surface area contributed by atoms with Crippen molar-refractivity contribution in [3.05, 3.63) is 62.5 Å².